The standard InChI is InChI=1S/C11H22N2.CH2O3/c1-12-7-9-13(10-8-12)11-5-3-2-4-6-11;2-1(3)4/h11H,2-10H2,1H3;(H2,2,3,4). The molecule has 2 N–H and O–H groups in total. The number of carboxylic acid groups (broad SMARTS) is 2. The van der Waals surface area contributed by atoms with Gasteiger partial charge in [0.25, 0.3) is 0 Å². The third-order valence-corrected chi connectivity index (χ3v) is 3.63. The van der Waals surface area contributed by atoms with Gasteiger partial charge in [-0.15, -0.1) is 0 Å². The average molecular weight is 244 g/mol. The van der Waals surface area contributed by atoms with Crippen molar-refractivity contribution in [1.82, 2.24) is 9.80 Å². The van der Waals surface area contributed by atoms with Crippen LogP contribution < -0.4 is 0 Å². The SMILES string of the molecule is CN1CCN(C2CCCCC2)CC1.O=C(O)O. The van der Waals surface area contributed by atoms with E-state index in [9.17, 15) is 0 Å². The molecule has 2 aliphatic rings. The smallest absolute Gasteiger partial charge is 0.450 e. The lowest BCUT2D eigenvalue weighted by atomic mass is 9.94. The van der Waals surface area contributed by atoms with Crippen molar-refractivity contribution >= 4 is 6.16 Å². The molecule has 100 valence electrons. The van der Waals surface area contributed by atoms with Gasteiger partial charge in [0, 0.05) is 32.2 Å². The molecule has 0 amide bonds. The zero-order valence-corrected chi connectivity index (χ0v) is 10.6. The first kappa shape index (κ1) is 14.3. The first-order chi connectivity index (χ1) is 8.09. The summed E-state index contributed by atoms with van der Waals surface area (Å²) in [5.74, 6) is 0. The van der Waals surface area contributed by atoms with Gasteiger partial charge in [-0.1, -0.05) is 19.3 Å². The summed E-state index contributed by atoms with van der Waals surface area (Å²) in [5, 5.41) is 13.9. The van der Waals surface area contributed by atoms with E-state index in [1.807, 2.05) is 0 Å². The topological polar surface area (TPSA) is 64.0 Å². The Balaban J connectivity index is 0.000000317. The van der Waals surface area contributed by atoms with Crippen molar-refractivity contribution in [2.24, 2.45) is 0 Å². The molecule has 5 nitrogen and oxygen atoms in total. The van der Waals surface area contributed by atoms with Gasteiger partial charge in [-0.3, -0.25) is 4.90 Å². The van der Waals surface area contributed by atoms with Gasteiger partial charge in [0.05, 0.1) is 0 Å². The van der Waals surface area contributed by atoms with Crippen molar-refractivity contribution in [3.8, 4) is 0 Å². The lowest BCUT2D eigenvalue weighted by Crippen LogP contribution is -2.49. The number of hydrogen-bond donors (Lipinski definition) is 2. The summed E-state index contributed by atoms with van der Waals surface area (Å²) in [6.45, 7) is 5.16. The first-order valence-corrected chi connectivity index (χ1v) is 6.44. The molecule has 0 aromatic carbocycles. The predicted octanol–water partition coefficient (Wildman–Crippen LogP) is 1.79. The third-order valence-electron chi connectivity index (χ3n) is 3.63. The zero-order chi connectivity index (χ0) is 12.7. The highest BCUT2D eigenvalue weighted by Crippen LogP contribution is 2.23. The van der Waals surface area contributed by atoms with Crippen molar-refractivity contribution in [3.05, 3.63) is 0 Å². The van der Waals surface area contributed by atoms with E-state index in [2.05, 4.69) is 16.8 Å². The monoisotopic (exact) mass is 244 g/mol. The Hall–Kier alpha value is -0.810. The molecule has 1 heterocycles. The molecule has 0 radical (unpaired) electrons. The Morgan fingerprint density at radius 1 is 1.00 bits per heavy atom. The van der Waals surface area contributed by atoms with Crippen molar-refractivity contribution in [2.45, 2.75) is 38.1 Å². The van der Waals surface area contributed by atoms with Crippen molar-refractivity contribution in [1.29, 1.82) is 0 Å². The van der Waals surface area contributed by atoms with Gasteiger partial charge in [-0.25, -0.2) is 4.79 Å². The predicted molar refractivity (Wildman–Crippen MR) is 66.6 cm³/mol. The van der Waals surface area contributed by atoms with E-state index in [4.69, 9.17) is 15.0 Å². The number of carbonyl (C=O) groups is 1. The summed E-state index contributed by atoms with van der Waals surface area (Å²) in [4.78, 5) is 13.7. The molecular weight excluding hydrogens is 220 g/mol. The number of nitrogens with zero attached hydrogens (tertiary/aromatic N) is 2. The normalized spacial score (nSPS) is 23.8. The molecule has 0 unspecified atom stereocenters. The molecule has 2 rings (SSSR count). The highest BCUT2D eigenvalue weighted by molar-refractivity contribution is 5.53. The van der Waals surface area contributed by atoms with Crippen LogP contribution in [0.25, 0.3) is 0 Å². The fourth-order valence-electron chi connectivity index (χ4n) is 2.63. The molecule has 0 aromatic heterocycles. The van der Waals surface area contributed by atoms with E-state index < -0.39 is 6.16 Å². The van der Waals surface area contributed by atoms with Crippen LogP contribution in [0.2, 0.25) is 0 Å². The van der Waals surface area contributed by atoms with Crippen LogP contribution in [-0.4, -0.2) is 65.4 Å². The van der Waals surface area contributed by atoms with Gasteiger partial charge >= 0.3 is 6.16 Å². The fraction of sp³-hybridized carbons (Fsp3) is 0.917. The minimum atomic E-state index is -1.83. The molecule has 0 bridgehead atoms. The highest BCUT2D eigenvalue weighted by Gasteiger charge is 2.23. The molecule has 0 spiro atoms. The molecule has 0 atom stereocenters. The molecule has 2 fully saturated rings. The van der Waals surface area contributed by atoms with E-state index in [1.54, 1.807) is 0 Å². The second kappa shape index (κ2) is 7.50. The molecule has 1 saturated heterocycles. The van der Waals surface area contributed by atoms with Crippen LogP contribution in [0.4, 0.5) is 4.79 Å². The Morgan fingerprint density at radius 3 is 1.94 bits per heavy atom. The van der Waals surface area contributed by atoms with Crippen LogP contribution in [-0.2, 0) is 0 Å². The highest BCUT2D eigenvalue weighted by atomic mass is 16.6. The Kier molecular flexibility index (Phi) is 6.29. The molecular formula is C12H24N2O3. The summed E-state index contributed by atoms with van der Waals surface area (Å²) in [6.07, 6.45) is 5.51. The van der Waals surface area contributed by atoms with Gasteiger partial charge in [0.1, 0.15) is 0 Å². The van der Waals surface area contributed by atoms with E-state index in [0.29, 0.717) is 0 Å². The van der Waals surface area contributed by atoms with Crippen LogP contribution in [0.1, 0.15) is 32.1 Å². The van der Waals surface area contributed by atoms with Crippen LogP contribution in [0.15, 0.2) is 0 Å². The fourth-order valence-corrected chi connectivity index (χ4v) is 2.63. The van der Waals surface area contributed by atoms with Crippen molar-refractivity contribution in [2.75, 3.05) is 33.2 Å². The second-order valence-corrected chi connectivity index (χ2v) is 4.91. The molecule has 1 aliphatic carbocycles. The van der Waals surface area contributed by atoms with E-state index in [1.165, 1.54) is 58.3 Å². The summed E-state index contributed by atoms with van der Waals surface area (Å²) in [7, 11) is 2.23. The number of likely N-dealkylation sites (N-methyl/N-ethyl adjacent to an activating group) is 1. The van der Waals surface area contributed by atoms with Crippen molar-refractivity contribution < 1.29 is 15.0 Å². The minimum absolute atomic E-state index is 0.933. The Labute approximate surface area is 103 Å². The van der Waals surface area contributed by atoms with Gasteiger partial charge < -0.3 is 15.1 Å². The molecule has 1 aliphatic heterocycles. The van der Waals surface area contributed by atoms with E-state index in [0.717, 1.165) is 6.04 Å². The van der Waals surface area contributed by atoms with E-state index in [-0.39, 0.29) is 0 Å². The van der Waals surface area contributed by atoms with Crippen LogP contribution in [0, 0.1) is 0 Å². The molecule has 0 aromatic rings. The first-order valence-electron chi connectivity index (χ1n) is 6.44. The largest absolute Gasteiger partial charge is 0.503 e. The maximum atomic E-state index is 8.56. The maximum absolute atomic E-state index is 8.56. The zero-order valence-electron chi connectivity index (χ0n) is 10.6. The summed E-state index contributed by atoms with van der Waals surface area (Å²) in [5.41, 5.74) is 0. The van der Waals surface area contributed by atoms with E-state index >= 15 is 0 Å². The Bertz CT molecular complexity index is 218. The second-order valence-electron chi connectivity index (χ2n) is 4.91. The molecule has 1 saturated carbocycles. The van der Waals surface area contributed by atoms with Crippen LogP contribution >= 0.6 is 0 Å². The number of piperazine rings is 1. The van der Waals surface area contributed by atoms with Crippen LogP contribution in [0.3, 0.4) is 0 Å². The third kappa shape index (κ3) is 5.89. The van der Waals surface area contributed by atoms with Gasteiger partial charge in [-0.05, 0) is 19.9 Å². The summed E-state index contributed by atoms with van der Waals surface area (Å²) in [6, 6.07) is 0.933. The van der Waals surface area contributed by atoms with Gasteiger partial charge in [-0.2, -0.15) is 0 Å². The van der Waals surface area contributed by atoms with Gasteiger partial charge in [0.2, 0.25) is 0 Å². The number of rotatable bonds is 1. The summed E-state index contributed by atoms with van der Waals surface area (Å²) < 4.78 is 0. The van der Waals surface area contributed by atoms with Crippen molar-refractivity contribution in [3.63, 3.8) is 0 Å². The average Bonchev–Trinajstić information content (AvgIpc) is 2.30. The minimum Gasteiger partial charge on any atom is -0.450 e. The van der Waals surface area contributed by atoms with Gasteiger partial charge in [0.15, 0.2) is 0 Å². The lowest BCUT2D eigenvalue weighted by molar-refractivity contribution is 0.0913. The number of hydrogen-bond acceptors (Lipinski definition) is 3. The lowest BCUT2D eigenvalue weighted by Gasteiger charge is -2.39. The molecule has 17 heavy (non-hydrogen) atoms. The van der Waals surface area contributed by atoms with Crippen LogP contribution in [0.5, 0.6) is 0 Å². The maximum Gasteiger partial charge on any atom is 0.503 e. The quantitative estimate of drug-likeness (QED) is 0.736. The Morgan fingerprint density at radius 2 is 1.47 bits per heavy atom. The molecule has 5 heteroatoms. The summed E-state index contributed by atoms with van der Waals surface area (Å²) >= 11 is 0.